The van der Waals surface area contributed by atoms with Gasteiger partial charge < -0.3 is 10.1 Å². The zero-order valence-electron chi connectivity index (χ0n) is 14.5. The van der Waals surface area contributed by atoms with Crippen molar-refractivity contribution in [1.82, 2.24) is 5.32 Å². The summed E-state index contributed by atoms with van der Waals surface area (Å²) in [7, 11) is 0. The Hall–Kier alpha value is -0.0800. The lowest BCUT2D eigenvalue weighted by atomic mass is 9.77. The topological polar surface area (TPSA) is 21.3 Å². The Kier molecular flexibility index (Phi) is 7.53. The zero-order chi connectivity index (χ0) is 15.0. The van der Waals surface area contributed by atoms with Gasteiger partial charge in [0.1, 0.15) is 0 Å². The summed E-state index contributed by atoms with van der Waals surface area (Å²) in [6, 6.07) is 0.805. The van der Waals surface area contributed by atoms with Crippen LogP contribution in [0.25, 0.3) is 0 Å². The Morgan fingerprint density at radius 1 is 0.952 bits per heavy atom. The monoisotopic (exact) mass is 295 g/mol. The van der Waals surface area contributed by atoms with E-state index in [1.54, 1.807) is 0 Å². The van der Waals surface area contributed by atoms with Gasteiger partial charge in [-0.2, -0.15) is 0 Å². The highest BCUT2D eigenvalue weighted by Crippen LogP contribution is 2.37. The van der Waals surface area contributed by atoms with E-state index < -0.39 is 0 Å². The van der Waals surface area contributed by atoms with Crippen LogP contribution in [-0.4, -0.2) is 24.8 Å². The molecular weight excluding hydrogens is 258 g/mol. The van der Waals surface area contributed by atoms with E-state index in [9.17, 15) is 0 Å². The molecule has 0 spiro atoms. The van der Waals surface area contributed by atoms with Gasteiger partial charge in [0.15, 0.2) is 0 Å². The van der Waals surface area contributed by atoms with Crippen LogP contribution in [0, 0.1) is 5.92 Å². The third-order valence-electron chi connectivity index (χ3n) is 5.41. The normalized spacial score (nSPS) is 29.7. The van der Waals surface area contributed by atoms with Gasteiger partial charge in [-0.3, -0.25) is 0 Å². The Morgan fingerprint density at radius 2 is 1.71 bits per heavy atom. The van der Waals surface area contributed by atoms with E-state index in [2.05, 4.69) is 19.2 Å². The van der Waals surface area contributed by atoms with Crippen LogP contribution in [0.4, 0.5) is 0 Å². The summed E-state index contributed by atoms with van der Waals surface area (Å²) in [5.41, 5.74) is 0.166. The lowest BCUT2D eigenvalue weighted by Gasteiger charge is -2.40. The maximum absolute atomic E-state index is 6.46. The second-order valence-electron chi connectivity index (χ2n) is 7.48. The maximum Gasteiger partial charge on any atom is 0.0806 e. The van der Waals surface area contributed by atoms with Gasteiger partial charge in [-0.05, 0) is 50.9 Å². The van der Waals surface area contributed by atoms with Crippen molar-refractivity contribution in [3.63, 3.8) is 0 Å². The van der Waals surface area contributed by atoms with E-state index in [4.69, 9.17) is 4.74 Å². The van der Waals surface area contributed by atoms with Gasteiger partial charge >= 0.3 is 0 Å². The summed E-state index contributed by atoms with van der Waals surface area (Å²) in [4.78, 5) is 0. The van der Waals surface area contributed by atoms with Crippen molar-refractivity contribution in [3.8, 4) is 0 Å². The van der Waals surface area contributed by atoms with Crippen molar-refractivity contribution >= 4 is 0 Å². The molecule has 2 aliphatic carbocycles. The third-order valence-corrected chi connectivity index (χ3v) is 5.41. The van der Waals surface area contributed by atoms with Crippen molar-refractivity contribution < 1.29 is 4.74 Å². The van der Waals surface area contributed by atoms with Gasteiger partial charge in [0.05, 0.1) is 5.60 Å². The molecule has 0 aromatic heterocycles. The first-order valence-electron chi connectivity index (χ1n) is 9.65. The number of rotatable bonds is 11. The van der Waals surface area contributed by atoms with Crippen LogP contribution in [0.5, 0.6) is 0 Å². The highest BCUT2D eigenvalue weighted by molar-refractivity contribution is 4.92. The molecule has 2 aliphatic rings. The number of hydrogen-bond acceptors (Lipinski definition) is 2. The van der Waals surface area contributed by atoms with Crippen LogP contribution >= 0.6 is 0 Å². The van der Waals surface area contributed by atoms with Crippen molar-refractivity contribution in [2.75, 3.05) is 13.2 Å². The molecule has 0 unspecified atom stereocenters. The molecule has 0 radical (unpaired) electrons. The molecule has 2 rings (SSSR count). The summed E-state index contributed by atoms with van der Waals surface area (Å²) in [5.74, 6) is 0.966. The first-order valence-corrected chi connectivity index (χ1v) is 9.65. The second-order valence-corrected chi connectivity index (χ2v) is 7.48. The predicted molar refractivity (Wildman–Crippen MR) is 90.7 cm³/mol. The summed E-state index contributed by atoms with van der Waals surface area (Å²) in [6.45, 7) is 6.67. The molecule has 2 saturated carbocycles. The first kappa shape index (κ1) is 17.3. The van der Waals surface area contributed by atoms with Gasteiger partial charge in [0.2, 0.25) is 0 Å². The molecular formula is C19H37NO. The Labute approximate surface area is 132 Å². The van der Waals surface area contributed by atoms with Gasteiger partial charge in [-0.1, -0.05) is 46.0 Å². The number of unbranched alkanes of at least 4 members (excludes halogenated alkanes) is 3. The van der Waals surface area contributed by atoms with Gasteiger partial charge in [-0.15, -0.1) is 0 Å². The lowest BCUT2D eigenvalue weighted by Crippen LogP contribution is -2.46. The number of nitrogens with one attached hydrogen (secondary N) is 1. The van der Waals surface area contributed by atoms with Crippen molar-refractivity contribution in [3.05, 3.63) is 0 Å². The average molecular weight is 296 g/mol. The Balaban J connectivity index is 1.73. The molecule has 0 aromatic rings. The first-order chi connectivity index (χ1) is 10.3. The van der Waals surface area contributed by atoms with Crippen LogP contribution in [0.15, 0.2) is 0 Å². The molecule has 2 nitrogen and oxygen atoms in total. The molecule has 2 fully saturated rings. The molecule has 0 aliphatic heterocycles. The fourth-order valence-corrected chi connectivity index (χ4v) is 3.71. The minimum absolute atomic E-state index is 0.166. The molecule has 124 valence electrons. The van der Waals surface area contributed by atoms with E-state index in [1.165, 1.54) is 77.0 Å². The van der Waals surface area contributed by atoms with E-state index in [1.807, 2.05) is 0 Å². The average Bonchev–Trinajstić information content (AvgIpc) is 3.32. The van der Waals surface area contributed by atoms with Crippen LogP contribution in [0.2, 0.25) is 0 Å². The fourth-order valence-electron chi connectivity index (χ4n) is 3.71. The minimum Gasteiger partial charge on any atom is -0.374 e. The van der Waals surface area contributed by atoms with Crippen LogP contribution in [0.3, 0.4) is 0 Å². The predicted octanol–water partition coefficient (Wildman–Crippen LogP) is 5.06. The second kappa shape index (κ2) is 9.15. The van der Waals surface area contributed by atoms with Crippen molar-refractivity contribution in [2.45, 2.75) is 103 Å². The van der Waals surface area contributed by atoms with Crippen LogP contribution in [0.1, 0.15) is 90.9 Å². The molecule has 21 heavy (non-hydrogen) atoms. The summed E-state index contributed by atoms with van der Waals surface area (Å²) < 4.78 is 6.46. The molecule has 0 bridgehead atoms. The van der Waals surface area contributed by atoms with E-state index >= 15 is 0 Å². The summed E-state index contributed by atoms with van der Waals surface area (Å²) >= 11 is 0. The van der Waals surface area contributed by atoms with Gasteiger partial charge in [0, 0.05) is 19.2 Å². The Morgan fingerprint density at radius 3 is 2.33 bits per heavy atom. The van der Waals surface area contributed by atoms with E-state index in [-0.39, 0.29) is 5.60 Å². The van der Waals surface area contributed by atoms with E-state index in [0.29, 0.717) is 0 Å². The highest BCUT2D eigenvalue weighted by atomic mass is 16.5. The third kappa shape index (κ3) is 6.28. The molecule has 0 atom stereocenters. The zero-order valence-corrected chi connectivity index (χ0v) is 14.5. The SMILES string of the molecule is CCCCCCOC1(CNC2CC2)CCC(CCC)CC1. The quantitative estimate of drug-likeness (QED) is 0.538. The molecule has 1 N–H and O–H groups in total. The fraction of sp³-hybridized carbons (Fsp3) is 1.00. The van der Waals surface area contributed by atoms with Gasteiger partial charge in [-0.25, -0.2) is 0 Å². The lowest BCUT2D eigenvalue weighted by molar-refractivity contribution is -0.0782. The largest absolute Gasteiger partial charge is 0.374 e. The van der Waals surface area contributed by atoms with Crippen molar-refractivity contribution in [1.29, 1.82) is 0 Å². The summed E-state index contributed by atoms with van der Waals surface area (Å²) in [6.07, 6.45) is 16.1. The number of ether oxygens (including phenoxy) is 1. The van der Waals surface area contributed by atoms with E-state index in [0.717, 1.165) is 25.1 Å². The minimum atomic E-state index is 0.166. The van der Waals surface area contributed by atoms with Crippen molar-refractivity contribution in [2.24, 2.45) is 5.92 Å². The Bertz CT molecular complexity index is 267. The van der Waals surface area contributed by atoms with Crippen LogP contribution < -0.4 is 5.32 Å². The maximum atomic E-state index is 6.46. The number of hydrogen-bond donors (Lipinski definition) is 1. The van der Waals surface area contributed by atoms with Gasteiger partial charge in [0.25, 0.3) is 0 Å². The molecule has 0 heterocycles. The molecule has 0 saturated heterocycles. The summed E-state index contributed by atoms with van der Waals surface area (Å²) in [5, 5.41) is 3.74. The standard InChI is InChI=1S/C19H37NO/c1-3-5-6-7-15-21-19(16-20-18-9-10-18)13-11-17(8-4-2)12-14-19/h17-18,20H,3-16H2,1-2H3. The molecule has 0 aromatic carbocycles. The highest BCUT2D eigenvalue weighted by Gasteiger charge is 2.37. The molecule has 0 amide bonds. The molecule has 2 heteroatoms. The van der Waals surface area contributed by atoms with Crippen LogP contribution in [-0.2, 0) is 4.74 Å². The smallest absolute Gasteiger partial charge is 0.0806 e.